The van der Waals surface area contributed by atoms with Crippen LogP contribution in [-0.2, 0) is 4.74 Å². The summed E-state index contributed by atoms with van der Waals surface area (Å²) in [7, 11) is 0. The van der Waals surface area contributed by atoms with Crippen molar-refractivity contribution in [1.29, 1.82) is 0 Å². The molecular weight excluding hydrogens is 314 g/mol. The number of amides is 2. The highest BCUT2D eigenvalue weighted by molar-refractivity contribution is 5.73. The minimum atomic E-state index is -0.0431. The van der Waals surface area contributed by atoms with Crippen molar-refractivity contribution in [2.24, 2.45) is 11.8 Å². The van der Waals surface area contributed by atoms with Crippen LogP contribution < -0.4 is 16.0 Å². The molecule has 4 unspecified atom stereocenters. The number of urea groups is 1. The van der Waals surface area contributed by atoms with Crippen molar-refractivity contribution in [2.75, 3.05) is 13.1 Å². The average molecular weight is 352 g/mol. The fraction of sp³-hybridized carbons (Fsp3) is 0.950. The molecule has 2 amide bonds. The van der Waals surface area contributed by atoms with Crippen LogP contribution in [0, 0.1) is 11.8 Å². The Labute approximate surface area is 153 Å². The summed E-state index contributed by atoms with van der Waals surface area (Å²) >= 11 is 0. The Morgan fingerprint density at radius 2 is 1.92 bits per heavy atom. The minimum absolute atomic E-state index is 0.0431. The summed E-state index contributed by atoms with van der Waals surface area (Å²) in [5.74, 6) is 1.34. The van der Waals surface area contributed by atoms with Crippen LogP contribution in [0.25, 0.3) is 0 Å². The molecule has 3 fully saturated rings. The first-order valence-corrected chi connectivity index (χ1v) is 10.6. The van der Waals surface area contributed by atoms with E-state index in [0.717, 1.165) is 19.4 Å². The first kappa shape index (κ1) is 19.0. The Morgan fingerprint density at radius 1 is 1.12 bits per heavy atom. The third-order valence-corrected chi connectivity index (χ3v) is 6.64. The molecule has 5 heteroatoms. The van der Waals surface area contributed by atoms with E-state index < -0.39 is 0 Å². The van der Waals surface area contributed by atoms with Gasteiger partial charge in [-0.05, 0) is 64.2 Å². The number of carbonyl (C=O) groups excluding carboxylic acids is 1. The zero-order valence-corrected chi connectivity index (χ0v) is 16.1. The summed E-state index contributed by atoms with van der Waals surface area (Å²) in [6.45, 7) is 5.56. The van der Waals surface area contributed by atoms with E-state index in [1.807, 2.05) is 6.92 Å². The molecule has 4 atom stereocenters. The van der Waals surface area contributed by atoms with Gasteiger partial charge in [0, 0.05) is 19.1 Å². The fourth-order valence-electron chi connectivity index (χ4n) is 5.73. The highest BCUT2D eigenvalue weighted by Gasteiger charge is 2.57. The summed E-state index contributed by atoms with van der Waals surface area (Å²) in [4.78, 5) is 11.6. The van der Waals surface area contributed by atoms with Crippen LogP contribution in [0.2, 0.25) is 0 Å². The molecule has 2 aliphatic carbocycles. The Kier molecular flexibility index (Phi) is 6.61. The lowest BCUT2D eigenvalue weighted by atomic mass is 9.61. The molecule has 3 N–H and O–H groups in total. The molecular formula is C20H37N3O2. The molecule has 5 nitrogen and oxygen atoms in total. The average Bonchev–Trinajstić information content (AvgIpc) is 2.97. The van der Waals surface area contributed by atoms with Crippen molar-refractivity contribution < 1.29 is 9.53 Å². The fourth-order valence-corrected chi connectivity index (χ4v) is 5.73. The lowest BCUT2D eigenvalue weighted by Gasteiger charge is -2.50. The largest absolute Gasteiger partial charge is 0.355 e. The monoisotopic (exact) mass is 351 g/mol. The van der Waals surface area contributed by atoms with Gasteiger partial charge in [-0.25, -0.2) is 4.79 Å². The second-order valence-corrected chi connectivity index (χ2v) is 8.22. The van der Waals surface area contributed by atoms with E-state index in [1.54, 1.807) is 0 Å². The topological polar surface area (TPSA) is 62.4 Å². The molecule has 1 saturated heterocycles. The maximum atomic E-state index is 11.6. The molecule has 0 spiro atoms. The SMILES string of the molecule is CCNC(=O)NCCCC1CCCC2NC(C)OC12C1CCCCC1. The van der Waals surface area contributed by atoms with E-state index >= 15 is 0 Å². The molecule has 0 bridgehead atoms. The van der Waals surface area contributed by atoms with Gasteiger partial charge >= 0.3 is 6.03 Å². The number of nitrogens with one attached hydrogen (secondary N) is 3. The van der Waals surface area contributed by atoms with E-state index in [4.69, 9.17) is 4.74 Å². The molecule has 1 heterocycles. The third-order valence-electron chi connectivity index (χ3n) is 6.64. The van der Waals surface area contributed by atoms with Gasteiger partial charge in [-0.2, -0.15) is 0 Å². The van der Waals surface area contributed by atoms with Gasteiger partial charge in [-0.1, -0.05) is 25.7 Å². The zero-order valence-electron chi connectivity index (χ0n) is 16.1. The van der Waals surface area contributed by atoms with Gasteiger partial charge < -0.3 is 15.4 Å². The number of fused-ring (bicyclic) bond motifs is 1. The highest BCUT2D eigenvalue weighted by atomic mass is 16.5. The van der Waals surface area contributed by atoms with Crippen LogP contribution in [0.4, 0.5) is 4.79 Å². The molecule has 0 aromatic rings. The minimum Gasteiger partial charge on any atom is -0.355 e. The quantitative estimate of drug-likeness (QED) is 0.642. The van der Waals surface area contributed by atoms with Crippen LogP contribution in [0.5, 0.6) is 0 Å². The predicted molar refractivity (Wildman–Crippen MR) is 100 cm³/mol. The van der Waals surface area contributed by atoms with Crippen molar-refractivity contribution >= 4 is 6.03 Å². The molecule has 2 saturated carbocycles. The van der Waals surface area contributed by atoms with Crippen LogP contribution in [0.1, 0.15) is 78.1 Å². The first-order chi connectivity index (χ1) is 12.2. The van der Waals surface area contributed by atoms with E-state index in [-0.39, 0.29) is 17.9 Å². The number of ether oxygens (including phenoxy) is 1. The summed E-state index contributed by atoms with van der Waals surface area (Å²) < 4.78 is 6.71. The maximum Gasteiger partial charge on any atom is 0.314 e. The first-order valence-electron chi connectivity index (χ1n) is 10.6. The Morgan fingerprint density at radius 3 is 2.68 bits per heavy atom. The van der Waals surface area contributed by atoms with Gasteiger partial charge in [-0.15, -0.1) is 0 Å². The van der Waals surface area contributed by atoms with Crippen molar-refractivity contribution in [3.8, 4) is 0 Å². The third kappa shape index (κ3) is 4.13. The van der Waals surface area contributed by atoms with Gasteiger partial charge in [0.2, 0.25) is 0 Å². The van der Waals surface area contributed by atoms with Crippen LogP contribution >= 0.6 is 0 Å². The van der Waals surface area contributed by atoms with E-state index in [1.165, 1.54) is 51.4 Å². The van der Waals surface area contributed by atoms with Crippen molar-refractivity contribution in [2.45, 2.75) is 95.9 Å². The maximum absolute atomic E-state index is 11.6. The molecule has 0 radical (unpaired) electrons. The van der Waals surface area contributed by atoms with E-state index in [2.05, 4.69) is 22.9 Å². The second kappa shape index (κ2) is 8.72. The number of carbonyl (C=O) groups is 1. The van der Waals surface area contributed by atoms with Gasteiger partial charge in [0.05, 0.1) is 5.60 Å². The van der Waals surface area contributed by atoms with Crippen molar-refractivity contribution in [1.82, 2.24) is 16.0 Å². The second-order valence-electron chi connectivity index (χ2n) is 8.22. The van der Waals surface area contributed by atoms with Gasteiger partial charge in [0.1, 0.15) is 6.23 Å². The highest BCUT2D eigenvalue weighted by Crippen LogP contribution is 2.51. The summed E-state index contributed by atoms with van der Waals surface area (Å²) in [5, 5.41) is 9.53. The summed E-state index contributed by atoms with van der Waals surface area (Å²) in [6.07, 6.45) is 13.0. The van der Waals surface area contributed by atoms with Crippen molar-refractivity contribution in [3.05, 3.63) is 0 Å². The number of hydrogen-bond acceptors (Lipinski definition) is 3. The molecule has 0 aromatic carbocycles. The summed E-state index contributed by atoms with van der Waals surface area (Å²) in [5.41, 5.74) is 0.0454. The normalized spacial score (nSPS) is 36.0. The standard InChI is InChI=1S/C20H37N3O2/c1-3-21-19(24)22-14-8-12-17-11-7-13-18-20(17,25-15(2)23-18)16-9-5-4-6-10-16/h15-18,23H,3-14H2,1-2H3,(H2,21,22,24). The van der Waals surface area contributed by atoms with E-state index in [0.29, 0.717) is 24.4 Å². The Bertz CT molecular complexity index is 439. The van der Waals surface area contributed by atoms with Gasteiger partial charge in [0.25, 0.3) is 0 Å². The van der Waals surface area contributed by atoms with Crippen molar-refractivity contribution in [3.63, 3.8) is 0 Å². The molecule has 3 rings (SSSR count). The molecule has 3 aliphatic rings. The van der Waals surface area contributed by atoms with E-state index in [9.17, 15) is 4.79 Å². The van der Waals surface area contributed by atoms with Crippen LogP contribution in [0.15, 0.2) is 0 Å². The molecule has 0 aromatic heterocycles. The molecule has 1 aliphatic heterocycles. The van der Waals surface area contributed by atoms with Gasteiger partial charge in [-0.3, -0.25) is 5.32 Å². The van der Waals surface area contributed by atoms with Gasteiger partial charge in [0.15, 0.2) is 0 Å². The predicted octanol–water partition coefficient (Wildman–Crippen LogP) is 3.54. The number of rotatable bonds is 6. The van der Waals surface area contributed by atoms with Crippen LogP contribution in [0.3, 0.4) is 0 Å². The molecule has 25 heavy (non-hydrogen) atoms. The Balaban J connectivity index is 1.62. The zero-order chi connectivity index (χ0) is 17.7. The lowest BCUT2D eigenvalue weighted by molar-refractivity contribution is -0.142. The molecule has 144 valence electrons. The lowest BCUT2D eigenvalue weighted by Crippen LogP contribution is -2.57. The Hall–Kier alpha value is -0.810. The summed E-state index contributed by atoms with van der Waals surface area (Å²) in [6, 6.07) is 0.485. The van der Waals surface area contributed by atoms with Crippen LogP contribution in [-0.4, -0.2) is 37.0 Å². The smallest absolute Gasteiger partial charge is 0.314 e. The number of hydrogen-bond donors (Lipinski definition) is 3.